The van der Waals surface area contributed by atoms with Gasteiger partial charge < -0.3 is 15.6 Å². The van der Waals surface area contributed by atoms with E-state index in [1.165, 1.54) is 12.1 Å². The van der Waals surface area contributed by atoms with Gasteiger partial charge in [0.25, 0.3) is 5.92 Å². The van der Waals surface area contributed by atoms with Crippen molar-refractivity contribution in [2.75, 3.05) is 13.2 Å². The Balaban J connectivity index is 2.47. The maximum absolute atomic E-state index is 14.9. The summed E-state index contributed by atoms with van der Waals surface area (Å²) < 4.78 is 49.1. The smallest absolute Gasteiger partial charge is 0.297 e. The lowest BCUT2D eigenvalue weighted by Crippen LogP contribution is -2.65. The van der Waals surface area contributed by atoms with E-state index in [-0.39, 0.29) is 31.6 Å². The molecule has 118 valence electrons. The SMILES string of the molecule is CC(N)(c1cc(Br)ccc1F)C(F)(F)C1(O)CCOCC1. The number of benzene rings is 1. The Morgan fingerprint density at radius 3 is 2.48 bits per heavy atom. The van der Waals surface area contributed by atoms with E-state index in [1.54, 1.807) is 0 Å². The Morgan fingerprint density at radius 2 is 1.90 bits per heavy atom. The summed E-state index contributed by atoms with van der Waals surface area (Å²) in [4.78, 5) is 0. The first-order chi connectivity index (χ1) is 9.62. The Labute approximate surface area is 129 Å². The maximum atomic E-state index is 14.9. The Kier molecular flexibility index (Phi) is 4.41. The van der Waals surface area contributed by atoms with E-state index in [1.807, 2.05) is 0 Å². The first-order valence-corrected chi connectivity index (χ1v) is 7.33. The number of ether oxygens (including phenoxy) is 1. The van der Waals surface area contributed by atoms with Gasteiger partial charge in [0.2, 0.25) is 0 Å². The van der Waals surface area contributed by atoms with E-state index >= 15 is 0 Å². The fraction of sp³-hybridized carbons (Fsp3) is 0.571. The topological polar surface area (TPSA) is 55.5 Å². The van der Waals surface area contributed by atoms with Crippen LogP contribution in [0.2, 0.25) is 0 Å². The third kappa shape index (κ3) is 2.72. The molecule has 1 saturated heterocycles. The minimum absolute atomic E-state index is 0.0170. The molecule has 0 bridgehead atoms. The van der Waals surface area contributed by atoms with Gasteiger partial charge in [0, 0.05) is 36.1 Å². The average Bonchev–Trinajstić information content (AvgIpc) is 2.42. The number of alkyl halides is 2. The van der Waals surface area contributed by atoms with E-state index in [0.29, 0.717) is 4.47 Å². The summed E-state index contributed by atoms with van der Waals surface area (Å²) in [6.45, 7) is 1.07. The molecule has 1 fully saturated rings. The second-order valence-electron chi connectivity index (χ2n) is 5.54. The summed E-state index contributed by atoms with van der Waals surface area (Å²) in [6, 6.07) is 3.68. The van der Waals surface area contributed by atoms with Crippen LogP contribution in [0, 0.1) is 5.82 Å². The van der Waals surface area contributed by atoms with Crippen LogP contribution in [-0.2, 0) is 10.3 Å². The Morgan fingerprint density at radius 1 is 1.33 bits per heavy atom. The highest BCUT2D eigenvalue weighted by Crippen LogP contribution is 2.47. The van der Waals surface area contributed by atoms with Crippen molar-refractivity contribution in [3.63, 3.8) is 0 Å². The number of nitrogens with two attached hydrogens (primary N) is 1. The van der Waals surface area contributed by atoms with Crippen LogP contribution in [0.3, 0.4) is 0 Å². The number of hydrogen-bond acceptors (Lipinski definition) is 3. The van der Waals surface area contributed by atoms with Gasteiger partial charge in [-0.25, -0.2) is 13.2 Å². The largest absolute Gasteiger partial charge is 0.383 e. The monoisotopic (exact) mass is 367 g/mol. The van der Waals surface area contributed by atoms with Gasteiger partial charge in [0.1, 0.15) is 17.0 Å². The quantitative estimate of drug-likeness (QED) is 0.863. The van der Waals surface area contributed by atoms with Crippen molar-refractivity contribution >= 4 is 15.9 Å². The van der Waals surface area contributed by atoms with Gasteiger partial charge in [-0.2, -0.15) is 0 Å². The zero-order chi connectivity index (χ0) is 15.9. The number of hydrogen-bond donors (Lipinski definition) is 2. The summed E-state index contributed by atoms with van der Waals surface area (Å²) in [5.41, 5.74) is 0.774. The van der Waals surface area contributed by atoms with Gasteiger partial charge in [-0.05, 0) is 25.1 Å². The molecule has 1 aromatic rings. The Bertz CT molecular complexity index is 531. The lowest BCUT2D eigenvalue weighted by atomic mass is 9.74. The van der Waals surface area contributed by atoms with Gasteiger partial charge in [0.05, 0.1) is 0 Å². The van der Waals surface area contributed by atoms with Crippen molar-refractivity contribution in [3.05, 3.63) is 34.1 Å². The third-order valence-corrected chi connectivity index (χ3v) is 4.54. The fourth-order valence-corrected chi connectivity index (χ4v) is 2.93. The van der Waals surface area contributed by atoms with E-state index in [0.717, 1.165) is 13.0 Å². The molecular weight excluding hydrogens is 351 g/mol. The molecule has 1 unspecified atom stereocenters. The number of aliphatic hydroxyl groups is 1. The van der Waals surface area contributed by atoms with Crippen LogP contribution in [0.1, 0.15) is 25.3 Å². The van der Waals surface area contributed by atoms with Crippen molar-refractivity contribution in [1.29, 1.82) is 0 Å². The molecular formula is C14H17BrF3NO2. The van der Waals surface area contributed by atoms with Gasteiger partial charge in [0.15, 0.2) is 0 Å². The van der Waals surface area contributed by atoms with Gasteiger partial charge in [-0.3, -0.25) is 0 Å². The molecule has 21 heavy (non-hydrogen) atoms. The summed E-state index contributed by atoms with van der Waals surface area (Å²) in [5, 5.41) is 10.3. The van der Waals surface area contributed by atoms with Crippen molar-refractivity contribution < 1.29 is 23.0 Å². The van der Waals surface area contributed by atoms with E-state index in [9.17, 15) is 18.3 Å². The molecule has 3 N–H and O–H groups in total. The molecule has 1 heterocycles. The van der Waals surface area contributed by atoms with Crippen LogP contribution in [0.4, 0.5) is 13.2 Å². The van der Waals surface area contributed by atoms with Crippen LogP contribution in [-0.4, -0.2) is 29.8 Å². The van der Waals surface area contributed by atoms with Crippen LogP contribution >= 0.6 is 15.9 Å². The van der Waals surface area contributed by atoms with Crippen molar-refractivity contribution in [3.8, 4) is 0 Å². The summed E-state index contributed by atoms with van der Waals surface area (Å²) in [7, 11) is 0. The summed E-state index contributed by atoms with van der Waals surface area (Å²) in [5.74, 6) is -4.55. The van der Waals surface area contributed by atoms with Crippen LogP contribution < -0.4 is 5.73 Å². The molecule has 0 radical (unpaired) electrons. The average molecular weight is 368 g/mol. The number of rotatable bonds is 3. The maximum Gasteiger partial charge on any atom is 0.297 e. The van der Waals surface area contributed by atoms with Crippen LogP contribution in [0.25, 0.3) is 0 Å². The first kappa shape index (κ1) is 16.7. The standard InChI is InChI=1S/C14H17BrF3NO2/c1-12(19,10-8-9(15)2-3-11(10)16)14(17,18)13(20)4-6-21-7-5-13/h2-3,8,20H,4-7,19H2,1H3. The van der Waals surface area contributed by atoms with Gasteiger partial charge >= 0.3 is 0 Å². The van der Waals surface area contributed by atoms with Gasteiger partial charge in [-0.1, -0.05) is 15.9 Å². The normalized spacial score (nSPS) is 21.9. The predicted molar refractivity (Wildman–Crippen MR) is 75.6 cm³/mol. The molecule has 2 rings (SSSR count). The van der Waals surface area contributed by atoms with Gasteiger partial charge in [-0.15, -0.1) is 0 Å². The molecule has 1 aliphatic heterocycles. The van der Waals surface area contributed by atoms with E-state index in [4.69, 9.17) is 10.5 Å². The van der Waals surface area contributed by atoms with Crippen molar-refractivity contribution in [2.24, 2.45) is 5.73 Å². The fourth-order valence-electron chi connectivity index (χ4n) is 2.57. The summed E-state index contributed by atoms with van der Waals surface area (Å²) >= 11 is 3.12. The second-order valence-corrected chi connectivity index (χ2v) is 6.46. The molecule has 0 amide bonds. The predicted octanol–water partition coefficient (Wildman–Crippen LogP) is 2.94. The molecule has 0 aliphatic carbocycles. The molecule has 1 aromatic carbocycles. The zero-order valence-corrected chi connectivity index (χ0v) is 13.1. The molecule has 1 atom stereocenters. The molecule has 7 heteroatoms. The highest BCUT2D eigenvalue weighted by atomic mass is 79.9. The third-order valence-electron chi connectivity index (χ3n) is 4.04. The summed E-state index contributed by atoms with van der Waals surface area (Å²) in [6.07, 6.45) is -0.495. The molecule has 0 spiro atoms. The van der Waals surface area contributed by atoms with Crippen LogP contribution in [0.5, 0.6) is 0 Å². The zero-order valence-electron chi connectivity index (χ0n) is 11.5. The molecule has 0 aromatic heterocycles. The molecule has 1 aliphatic rings. The minimum Gasteiger partial charge on any atom is -0.383 e. The van der Waals surface area contributed by atoms with E-state index in [2.05, 4.69) is 15.9 Å². The number of halogens is 4. The second kappa shape index (κ2) is 5.53. The minimum atomic E-state index is -3.72. The lowest BCUT2D eigenvalue weighted by Gasteiger charge is -2.46. The molecule has 3 nitrogen and oxygen atoms in total. The van der Waals surface area contributed by atoms with Crippen molar-refractivity contribution in [2.45, 2.75) is 36.8 Å². The van der Waals surface area contributed by atoms with E-state index < -0.39 is 22.9 Å². The molecule has 0 saturated carbocycles. The van der Waals surface area contributed by atoms with Crippen molar-refractivity contribution in [1.82, 2.24) is 0 Å². The lowest BCUT2D eigenvalue weighted by molar-refractivity contribution is -0.244. The Hall–Kier alpha value is -0.630. The van der Waals surface area contributed by atoms with Crippen LogP contribution in [0.15, 0.2) is 22.7 Å². The highest BCUT2D eigenvalue weighted by molar-refractivity contribution is 9.10. The first-order valence-electron chi connectivity index (χ1n) is 6.54. The highest BCUT2D eigenvalue weighted by Gasteiger charge is 2.63.